The first-order valence-electron chi connectivity index (χ1n) is 7.34. The summed E-state index contributed by atoms with van der Waals surface area (Å²) in [5.74, 6) is 0. The van der Waals surface area contributed by atoms with Crippen molar-refractivity contribution in [2.24, 2.45) is 0 Å². The first kappa shape index (κ1) is 18.0. The summed E-state index contributed by atoms with van der Waals surface area (Å²) >= 11 is 3.76. The van der Waals surface area contributed by atoms with Crippen LogP contribution >= 0.6 is 23.9 Å². The smallest absolute Gasteiger partial charge is 0.0620 e. The third-order valence-corrected chi connectivity index (χ3v) is 7.64. The molecule has 0 N–H and O–H groups in total. The van der Waals surface area contributed by atoms with Crippen molar-refractivity contribution < 1.29 is 0 Å². The van der Waals surface area contributed by atoms with Gasteiger partial charge >= 0.3 is 0 Å². The van der Waals surface area contributed by atoms with Gasteiger partial charge in [0.05, 0.1) is 8.41 Å². The molecule has 0 atom stereocenters. The van der Waals surface area contributed by atoms with Crippen LogP contribution in [0.5, 0.6) is 0 Å². The predicted octanol–water partition coefficient (Wildman–Crippen LogP) is 3.64. The first-order chi connectivity index (χ1) is 10.7. The van der Waals surface area contributed by atoms with E-state index in [1.807, 2.05) is 0 Å². The monoisotopic (exact) mass is 382 g/mol. The fourth-order valence-corrected chi connectivity index (χ4v) is 6.09. The molecule has 0 nitrogen and oxygen atoms in total. The minimum atomic E-state index is -0.555. The van der Waals surface area contributed by atoms with Crippen LogP contribution in [0.1, 0.15) is 11.1 Å². The Bertz CT molecular complexity index is 693. The average molecular weight is 383 g/mol. The van der Waals surface area contributed by atoms with Gasteiger partial charge in [-0.05, 0) is 54.9 Å². The average Bonchev–Trinajstić information content (AvgIpc) is 2.53. The fraction of sp³-hybridized carbons (Fsp3) is 0.100. The molecular formula is C20H21BBrP. The molecule has 0 amide bonds. The van der Waals surface area contributed by atoms with Crippen LogP contribution < -0.4 is 15.9 Å². The Morgan fingerprint density at radius 2 is 1.00 bits per heavy atom. The molecule has 3 aromatic carbocycles. The van der Waals surface area contributed by atoms with E-state index in [4.69, 9.17) is 0 Å². The molecule has 0 spiro atoms. The van der Waals surface area contributed by atoms with Crippen molar-refractivity contribution in [1.82, 2.24) is 0 Å². The highest BCUT2D eigenvalue weighted by Gasteiger charge is 2.21. The molecule has 0 unspecified atom stereocenters. The first-order valence-corrected chi connectivity index (χ1v) is 9.48. The van der Waals surface area contributed by atoms with Gasteiger partial charge in [-0.15, -0.1) is 0 Å². The van der Waals surface area contributed by atoms with E-state index < -0.39 is 7.92 Å². The van der Waals surface area contributed by atoms with Gasteiger partial charge in [-0.25, -0.2) is 0 Å². The maximum absolute atomic E-state index is 3.76. The molecule has 3 heteroatoms. The highest BCUT2D eigenvalue weighted by Crippen LogP contribution is 2.37. The summed E-state index contributed by atoms with van der Waals surface area (Å²) in [5, 5.41) is 4.23. The van der Waals surface area contributed by atoms with Crippen LogP contribution in [0.25, 0.3) is 0 Å². The van der Waals surface area contributed by atoms with Gasteiger partial charge in [0.15, 0.2) is 0 Å². The van der Waals surface area contributed by atoms with Crippen LogP contribution in [0.3, 0.4) is 0 Å². The quantitative estimate of drug-likeness (QED) is 0.479. The summed E-state index contributed by atoms with van der Waals surface area (Å²) in [4.78, 5) is 0. The number of hydrogen-bond acceptors (Lipinski definition) is 0. The topological polar surface area (TPSA) is 0 Å². The van der Waals surface area contributed by atoms with Gasteiger partial charge in [-0.1, -0.05) is 82.7 Å². The molecule has 0 radical (unpaired) electrons. The van der Waals surface area contributed by atoms with Crippen LogP contribution in [-0.4, -0.2) is 8.41 Å². The maximum atomic E-state index is 3.76. The number of benzene rings is 3. The summed E-state index contributed by atoms with van der Waals surface area (Å²) in [6.45, 7) is 4.42. The molecule has 0 bridgehead atoms. The molecular weight excluding hydrogens is 362 g/mol. The maximum Gasteiger partial charge on any atom is 0.0814 e. The molecule has 0 heterocycles. The Hall–Kier alpha value is -1.37. The lowest BCUT2D eigenvalue weighted by atomic mass is 10.2. The number of halogens is 1. The Labute approximate surface area is 150 Å². The Morgan fingerprint density at radius 3 is 1.43 bits per heavy atom. The van der Waals surface area contributed by atoms with E-state index in [0.29, 0.717) is 0 Å². The lowest BCUT2D eigenvalue weighted by Gasteiger charge is -2.23. The van der Waals surface area contributed by atoms with Gasteiger partial charge < -0.3 is 0 Å². The molecule has 0 aliphatic rings. The number of aryl methyl sites for hydroxylation is 2. The van der Waals surface area contributed by atoms with Gasteiger partial charge in [0.2, 0.25) is 0 Å². The largest absolute Gasteiger partial charge is 0.0814 e. The summed E-state index contributed by atoms with van der Waals surface area (Å²) in [7, 11) is -0.555. The third-order valence-electron chi connectivity index (χ3n) is 3.81. The molecule has 116 valence electrons. The van der Waals surface area contributed by atoms with E-state index in [1.165, 1.54) is 31.5 Å². The summed E-state index contributed by atoms with van der Waals surface area (Å²) in [6.07, 6.45) is 0. The highest BCUT2D eigenvalue weighted by molar-refractivity contribution is 9.10. The minimum Gasteiger partial charge on any atom is -0.0620 e. The second kappa shape index (κ2) is 7.95. The number of hydrogen-bond donors (Lipinski definition) is 0. The lowest BCUT2D eigenvalue weighted by molar-refractivity contribution is 1.50. The van der Waals surface area contributed by atoms with Crippen molar-refractivity contribution in [2.75, 3.05) is 0 Å². The SMILES string of the molecule is B.Cc1ccccc1P(c1ccccc1C)c1ccccc1Br. The molecule has 3 aromatic rings. The Morgan fingerprint density at radius 1 is 0.609 bits per heavy atom. The zero-order valence-electron chi connectivity index (χ0n) is 12.8. The van der Waals surface area contributed by atoms with Gasteiger partial charge in [0.25, 0.3) is 0 Å². The Balaban J connectivity index is 0.00000192. The van der Waals surface area contributed by atoms with Crippen molar-refractivity contribution in [3.8, 4) is 0 Å². The lowest BCUT2D eigenvalue weighted by Crippen LogP contribution is -2.24. The van der Waals surface area contributed by atoms with Crippen LogP contribution in [-0.2, 0) is 0 Å². The van der Waals surface area contributed by atoms with Crippen molar-refractivity contribution in [3.63, 3.8) is 0 Å². The van der Waals surface area contributed by atoms with Crippen molar-refractivity contribution in [1.29, 1.82) is 0 Å². The second-order valence-corrected chi connectivity index (χ2v) is 8.33. The van der Waals surface area contributed by atoms with Gasteiger partial charge in [0, 0.05) is 4.47 Å². The van der Waals surface area contributed by atoms with E-state index >= 15 is 0 Å². The third kappa shape index (κ3) is 3.76. The molecule has 0 aliphatic heterocycles. The second-order valence-electron chi connectivity index (χ2n) is 5.36. The van der Waals surface area contributed by atoms with Crippen molar-refractivity contribution >= 4 is 48.2 Å². The van der Waals surface area contributed by atoms with Crippen molar-refractivity contribution in [3.05, 3.63) is 88.4 Å². The molecule has 0 aliphatic carbocycles. The van der Waals surface area contributed by atoms with E-state index in [-0.39, 0.29) is 8.41 Å². The Kier molecular flexibility index (Phi) is 6.21. The molecule has 0 aromatic heterocycles. The molecule has 3 rings (SSSR count). The van der Waals surface area contributed by atoms with Gasteiger partial charge in [-0.2, -0.15) is 0 Å². The zero-order valence-corrected chi connectivity index (χ0v) is 15.2. The van der Waals surface area contributed by atoms with E-state index in [1.54, 1.807) is 0 Å². The zero-order chi connectivity index (χ0) is 15.5. The molecule has 0 saturated carbocycles. The molecule has 0 saturated heterocycles. The van der Waals surface area contributed by atoms with E-state index in [0.717, 1.165) is 0 Å². The van der Waals surface area contributed by atoms with Crippen LogP contribution in [0.2, 0.25) is 0 Å². The summed E-state index contributed by atoms with van der Waals surface area (Å²) in [5.41, 5.74) is 2.71. The fourth-order valence-electron chi connectivity index (χ4n) is 2.65. The molecule has 0 fully saturated rings. The van der Waals surface area contributed by atoms with Gasteiger partial charge in [0.1, 0.15) is 0 Å². The summed E-state index contributed by atoms with van der Waals surface area (Å²) in [6, 6.07) is 26.1. The normalized spacial score (nSPS) is 10.4. The van der Waals surface area contributed by atoms with Crippen molar-refractivity contribution in [2.45, 2.75) is 13.8 Å². The predicted molar refractivity (Wildman–Crippen MR) is 112 cm³/mol. The minimum absolute atomic E-state index is 0. The van der Waals surface area contributed by atoms with Crippen LogP contribution in [0, 0.1) is 13.8 Å². The van der Waals surface area contributed by atoms with Crippen LogP contribution in [0.15, 0.2) is 77.3 Å². The summed E-state index contributed by atoms with van der Waals surface area (Å²) < 4.78 is 1.19. The molecule has 23 heavy (non-hydrogen) atoms. The number of rotatable bonds is 3. The van der Waals surface area contributed by atoms with Gasteiger partial charge in [-0.3, -0.25) is 0 Å². The standard InChI is InChI=1S/C20H18BrP.BH3/c1-15-9-3-6-12-18(15)22(19-13-7-4-10-16(19)2)20-14-8-5-11-17(20)21;/h3-14H,1-2H3;1H3. The van der Waals surface area contributed by atoms with E-state index in [9.17, 15) is 0 Å². The van der Waals surface area contributed by atoms with Crippen LogP contribution in [0.4, 0.5) is 0 Å². The highest BCUT2D eigenvalue weighted by atomic mass is 79.9. The van der Waals surface area contributed by atoms with E-state index in [2.05, 4.69) is 103 Å².